The van der Waals surface area contributed by atoms with Gasteiger partial charge < -0.3 is 9.80 Å². The second-order valence-corrected chi connectivity index (χ2v) is 27.7. The minimum absolute atomic E-state index is 0.00827. The minimum Gasteiger partial charge on any atom is -0.311 e. The van der Waals surface area contributed by atoms with Crippen LogP contribution in [0.2, 0.25) is 0 Å². The zero-order valence-corrected chi connectivity index (χ0v) is 44.2. The molecule has 5 aromatic rings. The summed E-state index contributed by atoms with van der Waals surface area (Å²) in [6, 6.07) is 28.4. The number of hydrogen-bond acceptors (Lipinski definition) is 2. The van der Waals surface area contributed by atoms with Gasteiger partial charge in [0.1, 0.15) is 0 Å². The molecule has 0 unspecified atom stereocenters. The lowest BCUT2D eigenvalue weighted by Gasteiger charge is -2.48. The van der Waals surface area contributed by atoms with Gasteiger partial charge in [-0.3, -0.25) is 0 Å². The van der Waals surface area contributed by atoms with Gasteiger partial charge in [-0.2, -0.15) is 0 Å². The Bertz CT molecular complexity index is 2880. The first-order valence-electron chi connectivity index (χ1n) is 25.2. The Labute approximate surface area is 395 Å². The van der Waals surface area contributed by atoms with E-state index in [0.717, 1.165) is 12.8 Å². The van der Waals surface area contributed by atoms with E-state index in [4.69, 9.17) is 0 Å². The van der Waals surface area contributed by atoms with Crippen LogP contribution in [0.15, 0.2) is 66.7 Å². The maximum atomic E-state index is 2.77. The minimum atomic E-state index is -0.0884. The normalized spacial score (nSPS) is 21.0. The summed E-state index contributed by atoms with van der Waals surface area (Å²) in [5, 5.41) is 0. The lowest BCUT2D eigenvalue weighted by Crippen LogP contribution is -2.62. The standard InChI is InChI=1S/C62H79BN2/c1-36-27-41-44(61(17,18)34-60(41,15)16)32-49(36)65-50-33-43-42(57(9,10)25-26-58(43,11)12)31-46(50)63-45-28-38(55(3,4)5)21-23-48(45)64(51-29-39(56(6,7)8)30-52(65)54(51)63)47-24-22-40-53(37(47)2)62(19,20)35-59(40,13)14/h21-24,27-33H,25-26,34-35H2,1-20H3. The van der Waals surface area contributed by atoms with Gasteiger partial charge in [0.15, 0.2) is 0 Å². The molecule has 0 N–H and O–H groups in total. The molecule has 0 bridgehead atoms. The van der Waals surface area contributed by atoms with Crippen molar-refractivity contribution in [3.05, 3.63) is 122 Å². The van der Waals surface area contributed by atoms with Gasteiger partial charge >= 0.3 is 0 Å². The molecule has 0 saturated carbocycles. The van der Waals surface area contributed by atoms with E-state index in [1.807, 2.05) is 0 Å². The largest absolute Gasteiger partial charge is 0.311 e. The van der Waals surface area contributed by atoms with Gasteiger partial charge in [0, 0.05) is 34.1 Å². The Hall–Kier alpha value is -4.24. The summed E-state index contributed by atoms with van der Waals surface area (Å²) in [5.74, 6) is 0. The van der Waals surface area contributed by atoms with Crippen molar-refractivity contribution in [1.29, 1.82) is 0 Å². The predicted molar refractivity (Wildman–Crippen MR) is 284 cm³/mol. The van der Waals surface area contributed by atoms with Crippen molar-refractivity contribution >= 4 is 57.2 Å². The van der Waals surface area contributed by atoms with E-state index in [2.05, 4.69) is 215 Å². The third-order valence-electron chi connectivity index (χ3n) is 17.7. The van der Waals surface area contributed by atoms with E-state index >= 15 is 0 Å². The maximum Gasteiger partial charge on any atom is 0.252 e. The third-order valence-corrected chi connectivity index (χ3v) is 17.7. The van der Waals surface area contributed by atoms with Crippen LogP contribution in [0.3, 0.4) is 0 Å². The molecule has 0 amide bonds. The molecular weight excluding hydrogens is 784 g/mol. The van der Waals surface area contributed by atoms with Gasteiger partial charge in [-0.1, -0.05) is 155 Å². The highest BCUT2D eigenvalue weighted by molar-refractivity contribution is 7.00. The molecule has 10 rings (SSSR count). The SMILES string of the molecule is Cc1cc2c(cc1N1c3cc4c(cc3B3c5cc(C(C)(C)C)ccc5N(c5ccc6c(c5C)C(C)(C)CC6(C)C)c5cc(C(C)(C)C)cc1c53)C(C)(C)CCC4(C)C)C(C)(C)CC2(C)C. The summed E-state index contributed by atoms with van der Waals surface area (Å²) in [6.07, 6.45) is 4.68. The van der Waals surface area contributed by atoms with Crippen molar-refractivity contribution in [2.24, 2.45) is 0 Å². The zero-order chi connectivity index (χ0) is 47.3. The molecule has 65 heavy (non-hydrogen) atoms. The van der Waals surface area contributed by atoms with Crippen molar-refractivity contribution in [3.8, 4) is 0 Å². The van der Waals surface area contributed by atoms with E-state index in [-0.39, 0.29) is 50.0 Å². The lowest BCUT2D eigenvalue weighted by molar-refractivity contribution is 0.332. The van der Waals surface area contributed by atoms with Gasteiger partial charge in [-0.25, -0.2) is 0 Å². The summed E-state index contributed by atoms with van der Waals surface area (Å²) < 4.78 is 0. The molecule has 340 valence electrons. The van der Waals surface area contributed by atoms with Crippen LogP contribution in [0, 0.1) is 13.8 Å². The summed E-state index contributed by atoms with van der Waals surface area (Å²) in [4.78, 5) is 5.49. The van der Waals surface area contributed by atoms with Crippen molar-refractivity contribution in [3.63, 3.8) is 0 Å². The third kappa shape index (κ3) is 6.38. The van der Waals surface area contributed by atoms with E-state index in [0.29, 0.717) is 0 Å². The van der Waals surface area contributed by atoms with Crippen LogP contribution in [0.4, 0.5) is 34.1 Å². The number of benzene rings is 5. The lowest BCUT2D eigenvalue weighted by atomic mass is 9.32. The zero-order valence-electron chi connectivity index (χ0n) is 44.2. The van der Waals surface area contributed by atoms with Gasteiger partial charge in [0.2, 0.25) is 0 Å². The monoisotopic (exact) mass is 863 g/mol. The quantitative estimate of drug-likeness (QED) is 0.160. The molecule has 2 heterocycles. The van der Waals surface area contributed by atoms with Crippen LogP contribution in [-0.2, 0) is 43.3 Å². The van der Waals surface area contributed by atoms with Gasteiger partial charge in [0.05, 0.1) is 0 Å². The number of fused-ring (bicyclic) bond motifs is 7. The topological polar surface area (TPSA) is 6.48 Å². The predicted octanol–water partition coefficient (Wildman–Crippen LogP) is 15.2. The van der Waals surface area contributed by atoms with Crippen molar-refractivity contribution in [2.75, 3.05) is 9.80 Å². The molecule has 0 fully saturated rings. The molecule has 3 aliphatic carbocycles. The molecule has 3 heteroatoms. The molecule has 0 aromatic heterocycles. The Morgan fingerprint density at radius 1 is 0.415 bits per heavy atom. The van der Waals surface area contributed by atoms with Crippen LogP contribution in [-0.4, -0.2) is 6.71 Å². The van der Waals surface area contributed by atoms with Gasteiger partial charge in [-0.15, -0.1) is 0 Å². The van der Waals surface area contributed by atoms with Crippen LogP contribution >= 0.6 is 0 Å². The van der Waals surface area contributed by atoms with E-state index in [1.165, 1.54) is 113 Å². The summed E-state index contributed by atoms with van der Waals surface area (Å²) in [7, 11) is 0. The Balaban J connectivity index is 1.38. The maximum absolute atomic E-state index is 2.77. The molecule has 0 atom stereocenters. The highest BCUT2D eigenvalue weighted by Gasteiger charge is 2.50. The van der Waals surface area contributed by atoms with Crippen molar-refractivity contribution < 1.29 is 0 Å². The molecule has 2 nitrogen and oxygen atoms in total. The smallest absolute Gasteiger partial charge is 0.252 e. The summed E-state index contributed by atoms with van der Waals surface area (Å²) in [5.41, 5.74) is 27.4. The van der Waals surface area contributed by atoms with Crippen LogP contribution in [0.5, 0.6) is 0 Å². The molecule has 5 aliphatic rings. The van der Waals surface area contributed by atoms with Crippen LogP contribution < -0.4 is 26.2 Å². The average Bonchev–Trinajstić information content (AvgIpc) is 3.49. The van der Waals surface area contributed by atoms with E-state index < -0.39 is 0 Å². The fraction of sp³-hybridized carbons (Fsp3) is 0.516. The Kier molecular flexibility index (Phi) is 9.10. The number of aryl methyl sites for hydroxylation is 1. The number of nitrogens with zero attached hydrogens (tertiary/aromatic N) is 2. The average molecular weight is 863 g/mol. The highest BCUT2D eigenvalue weighted by atomic mass is 15.2. The van der Waals surface area contributed by atoms with Crippen molar-refractivity contribution in [2.45, 2.75) is 207 Å². The van der Waals surface area contributed by atoms with Gasteiger partial charge in [0.25, 0.3) is 6.71 Å². The molecular formula is C62H79BN2. The fourth-order valence-electron chi connectivity index (χ4n) is 14.5. The molecule has 5 aromatic carbocycles. The van der Waals surface area contributed by atoms with Crippen LogP contribution in [0.1, 0.15) is 206 Å². The van der Waals surface area contributed by atoms with Crippen molar-refractivity contribution in [1.82, 2.24) is 0 Å². The molecule has 2 aliphatic heterocycles. The van der Waals surface area contributed by atoms with Crippen LogP contribution in [0.25, 0.3) is 0 Å². The molecule has 0 spiro atoms. The second kappa shape index (κ2) is 13.3. The number of anilines is 6. The first kappa shape index (κ1) is 44.6. The molecule has 0 saturated heterocycles. The van der Waals surface area contributed by atoms with E-state index in [9.17, 15) is 0 Å². The Morgan fingerprint density at radius 3 is 1.46 bits per heavy atom. The summed E-state index contributed by atoms with van der Waals surface area (Å²) >= 11 is 0. The number of rotatable bonds is 2. The number of hydrogen-bond donors (Lipinski definition) is 0. The fourth-order valence-corrected chi connectivity index (χ4v) is 14.5. The molecule has 0 radical (unpaired) electrons. The first-order valence-corrected chi connectivity index (χ1v) is 25.2. The summed E-state index contributed by atoms with van der Waals surface area (Å²) in [6.45, 7) is 49.0. The van der Waals surface area contributed by atoms with Gasteiger partial charge in [-0.05, 0) is 191 Å². The first-order chi connectivity index (χ1) is 29.8. The highest BCUT2D eigenvalue weighted by Crippen LogP contribution is 2.57. The van der Waals surface area contributed by atoms with E-state index in [1.54, 1.807) is 5.56 Å². The second-order valence-electron chi connectivity index (χ2n) is 27.7. The Morgan fingerprint density at radius 2 is 0.877 bits per heavy atom.